The summed E-state index contributed by atoms with van der Waals surface area (Å²) in [6, 6.07) is 18.0. The molecule has 2 N–H and O–H groups in total. The first-order chi connectivity index (χ1) is 19.7. The summed E-state index contributed by atoms with van der Waals surface area (Å²) >= 11 is 15.5. The quantitative estimate of drug-likeness (QED) is 0.145. The van der Waals surface area contributed by atoms with Crippen LogP contribution in [0.1, 0.15) is 25.0 Å². The second-order valence-electron chi connectivity index (χ2n) is 8.60. The fraction of sp³-hybridized carbons (Fsp3) is 0.241. The van der Waals surface area contributed by atoms with Crippen molar-refractivity contribution in [2.75, 3.05) is 13.2 Å². The average Bonchev–Trinajstić information content (AvgIpc) is 2.94. The van der Waals surface area contributed by atoms with Crippen LogP contribution in [0.4, 0.5) is 0 Å². The average molecular weight is 665 g/mol. The maximum absolute atomic E-state index is 13.1. The highest BCUT2D eigenvalue weighted by atomic mass is 79.9. The van der Waals surface area contributed by atoms with E-state index in [9.17, 15) is 14.4 Å². The van der Waals surface area contributed by atoms with Crippen molar-refractivity contribution in [3.8, 4) is 11.5 Å². The number of amides is 2. The molecule has 0 aromatic heterocycles. The summed E-state index contributed by atoms with van der Waals surface area (Å²) in [6.45, 7) is 3.31. The van der Waals surface area contributed by atoms with Crippen LogP contribution in [0, 0.1) is 0 Å². The van der Waals surface area contributed by atoms with Gasteiger partial charge in [0.2, 0.25) is 0 Å². The van der Waals surface area contributed by atoms with Crippen LogP contribution in [0.15, 0.2) is 76.3 Å². The first-order valence-electron chi connectivity index (χ1n) is 12.5. The molecule has 2 amide bonds. The Bertz CT molecular complexity index is 1390. The van der Waals surface area contributed by atoms with Gasteiger partial charge < -0.3 is 19.5 Å². The number of hydrogen-bond donors (Lipinski definition) is 2. The zero-order chi connectivity index (χ0) is 29.8. The molecule has 0 heterocycles. The number of halogens is 3. The molecular weight excluding hydrogens is 637 g/mol. The minimum atomic E-state index is -0.954. The lowest BCUT2D eigenvalue weighted by Gasteiger charge is -2.21. The molecule has 0 aliphatic carbocycles. The van der Waals surface area contributed by atoms with Crippen LogP contribution < -0.4 is 20.2 Å². The maximum Gasteiger partial charge on any atom is 0.344 e. The molecule has 0 saturated heterocycles. The second-order valence-corrected chi connectivity index (χ2v) is 10.3. The molecule has 0 saturated carbocycles. The Labute approximate surface area is 256 Å². The summed E-state index contributed by atoms with van der Waals surface area (Å²) in [7, 11) is 0. The third-order valence-corrected chi connectivity index (χ3v) is 6.63. The van der Waals surface area contributed by atoms with E-state index >= 15 is 0 Å². The lowest BCUT2D eigenvalue weighted by molar-refractivity contribution is -0.145. The molecule has 3 aromatic rings. The molecule has 2 atom stereocenters. The lowest BCUT2D eigenvalue weighted by atomic mass is 10.1. The first-order valence-corrected chi connectivity index (χ1v) is 14.1. The molecule has 0 spiro atoms. The zero-order valence-corrected chi connectivity index (χ0v) is 25.3. The predicted octanol–water partition coefficient (Wildman–Crippen LogP) is 5.34. The van der Waals surface area contributed by atoms with Gasteiger partial charge in [-0.25, -0.2) is 10.2 Å². The Morgan fingerprint density at radius 2 is 1.73 bits per heavy atom. The summed E-state index contributed by atoms with van der Waals surface area (Å²) in [5, 5.41) is 7.47. The number of esters is 1. The summed E-state index contributed by atoms with van der Waals surface area (Å²) in [6.07, 6.45) is 0.707. The number of carbonyl (C=O) groups is 3. The van der Waals surface area contributed by atoms with Crippen LogP contribution in [0.3, 0.4) is 0 Å². The van der Waals surface area contributed by atoms with Gasteiger partial charge in [0.05, 0.1) is 22.3 Å². The molecule has 3 aromatic carbocycles. The summed E-state index contributed by atoms with van der Waals surface area (Å²) < 4.78 is 16.6. The number of rotatable bonds is 13. The van der Waals surface area contributed by atoms with Crippen molar-refractivity contribution in [2.24, 2.45) is 5.10 Å². The van der Waals surface area contributed by atoms with Crippen LogP contribution in [0.2, 0.25) is 10.0 Å². The van der Waals surface area contributed by atoms with Gasteiger partial charge in [-0.1, -0.05) is 53.5 Å². The van der Waals surface area contributed by atoms with Gasteiger partial charge in [0.25, 0.3) is 11.8 Å². The third-order valence-electron chi connectivity index (χ3n) is 5.48. The first kappa shape index (κ1) is 31.9. The third kappa shape index (κ3) is 10.4. The molecule has 0 aliphatic heterocycles. The highest BCUT2D eigenvalue weighted by Gasteiger charge is 2.25. The molecule has 3 rings (SSSR count). The van der Waals surface area contributed by atoms with Crippen molar-refractivity contribution < 1.29 is 28.6 Å². The van der Waals surface area contributed by atoms with Crippen LogP contribution >= 0.6 is 39.1 Å². The van der Waals surface area contributed by atoms with E-state index in [2.05, 4.69) is 31.8 Å². The normalized spacial score (nSPS) is 12.3. The van der Waals surface area contributed by atoms with Crippen molar-refractivity contribution in [1.82, 2.24) is 10.7 Å². The Kier molecular flexibility index (Phi) is 12.5. The number of hydrazone groups is 1. The number of nitrogens with zero attached hydrogens (tertiary/aromatic N) is 1. The summed E-state index contributed by atoms with van der Waals surface area (Å²) in [5.41, 5.74) is 3.97. The number of benzene rings is 3. The van der Waals surface area contributed by atoms with E-state index in [0.29, 0.717) is 20.8 Å². The fourth-order valence-corrected chi connectivity index (χ4v) is 4.43. The second kappa shape index (κ2) is 16.0. The molecule has 0 bridgehead atoms. The molecule has 12 heteroatoms. The van der Waals surface area contributed by atoms with Gasteiger partial charge in [-0.15, -0.1) is 0 Å². The largest absolute Gasteiger partial charge is 0.481 e. The molecule has 9 nitrogen and oxygen atoms in total. The highest BCUT2D eigenvalue weighted by Crippen LogP contribution is 2.28. The van der Waals surface area contributed by atoms with E-state index in [1.165, 1.54) is 12.3 Å². The van der Waals surface area contributed by atoms with Gasteiger partial charge in [0.1, 0.15) is 17.5 Å². The van der Waals surface area contributed by atoms with Crippen molar-refractivity contribution in [3.05, 3.63) is 92.4 Å². The number of hydrogen-bond acceptors (Lipinski definition) is 7. The number of ether oxygens (including phenoxy) is 3. The van der Waals surface area contributed by atoms with Crippen LogP contribution in [0.5, 0.6) is 11.5 Å². The van der Waals surface area contributed by atoms with Gasteiger partial charge in [-0.05, 0) is 77.3 Å². The summed E-state index contributed by atoms with van der Waals surface area (Å²) in [4.78, 5) is 37.6. The van der Waals surface area contributed by atoms with Crippen LogP contribution in [-0.4, -0.2) is 49.4 Å². The molecule has 0 aliphatic rings. The van der Waals surface area contributed by atoms with Gasteiger partial charge in [-0.3, -0.25) is 9.59 Å². The maximum atomic E-state index is 13.1. The SMILES string of the molecule is CCOC(=O)COc1ccc(/C=N\NC(=O)[C@H](Cc2ccccc2)NC(=O)[C@H](C)Oc2ccc(Cl)cc2Cl)cc1Br. The van der Waals surface area contributed by atoms with Crippen molar-refractivity contribution in [3.63, 3.8) is 0 Å². The Morgan fingerprint density at radius 3 is 2.41 bits per heavy atom. The smallest absolute Gasteiger partial charge is 0.344 e. The predicted molar refractivity (Wildman–Crippen MR) is 161 cm³/mol. The number of carbonyl (C=O) groups excluding carboxylic acids is 3. The fourth-order valence-electron chi connectivity index (χ4n) is 3.47. The Balaban J connectivity index is 1.64. The van der Waals surface area contributed by atoms with E-state index in [1.54, 1.807) is 44.2 Å². The monoisotopic (exact) mass is 663 g/mol. The van der Waals surface area contributed by atoms with Gasteiger partial charge in [0, 0.05) is 11.4 Å². The van der Waals surface area contributed by atoms with E-state index < -0.39 is 29.9 Å². The van der Waals surface area contributed by atoms with Crippen molar-refractivity contribution in [2.45, 2.75) is 32.4 Å². The topological polar surface area (TPSA) is 115 Å². The van der Waals surface area contributed by atoms with E-state index in [4.69, 9.17) is 37.4 Å². The minimum absolute atomic E-state index is 0.221. The zero-order valence-electron chi connectivity index (χ0n) is 22.2. The van der Waals surface area contributed by atoms with Crippen LogP contribution in [-0.2, 0) is 25.5 Å². The standard InChI is InChI=1S/C29H28BrCl2N3O6/c1-3-39-27(36)17-40-25-11-9-20(13-22(25)30)16-33-35-29(38)24(14-19-7-5-4-6-8-19)34-28(37)18(2)41-26-12-10-21(31)15-23(26)32/h4-13,15-16,18,24H,3,14,17H2,1-2H3,(H,34,37)(H,35,38)/b33-16-/t18-,24-/m0/s1. The highest BCUT2D eigenvalue weighted by molar-refractivity contribution is 9.10. The molecule has 0 radical (unpaired) electrons. The lowest BCUT2D eigenvalue weighted by Crippen LogP contribution is -2.50. The Morgan fingerprint density at radius 1 is 1.00 bits per heavy atom. The molecule has 41 heavy (non-hydrogen) atoms. The van der Waals surface area contributed by atoms with E-state index in [0.717, 1.165) is 5.56 Å². The minimum Gasteiger partial charge on any atom is -0.481 e. The van der Waals surface area contributed by atoms with Crippen LogP contribution in [0.25, 0.3) is 0 Å². The molecular formula is C29H28BrCl2N3O6. The van der Waals surface area contributed by atoms with Crippen molar-refractivity contribution in [1.29, 1.82) is 0 Å². The molecule has 0 unspecified atom stereocenters. The van der Waals surface area contributed by atoms with E-state index in [-0.39, 0.29) is 30.4 Å². The van der Waals surface area contributed by atoms with E-state index in [1.807, 2.05) is 30.3 Å². The number of nitrogens with one attached hydrogen (secondary N) is 2. The molecule has 216 valence electrons. The van der Waals surface area contributed by atoms with Gasteiger partial charge in [0.15, 0.2) is 12.7 Å². The molecule has 0 fully saturated rings. The summed E-state index contributed by atoms with van der Waals surface area (Å²) in [5.74, 6) is -0.779. The van der Waals surface area contributed by atoms with Gasteiger partial charge >= 0.3 is 5.97 Å². The Hall–Kier alpha value is -3.60. The van der Waals surface area contributed by atoms with Gasteiger partial charge in [-0.2, -0.15) is 5.10 Å². The van der Waals surface area contributed by atoms with Crippen molar-refractivity contribution >= 4 is 63.1 Å².